The van der Waals surface area contributed by atoms with Gasteiger partial charge in [-0.3, -0.25) is 0 Å². The largest absolute Gasteiger partial charge is 0.392 e. The topological polar surface area (TPSA) is 20.2 Å². The minimum Gasteiger partial charge on any atom is -0.388 e. The van der Waals surface area contributed by atoms with Crippen LogP contribution in [0.2, 0.25) is 5.02 Å². The highest BCUT2D eigenvalue weighted by molar-refractivity contribution is 6.31. The molecule has 0 radical (unpaired) electrons. The normalized spacial score (nSPS) is 25.5. The third kappa shape index (κ3) is 3.29. The average molecular weight is 307 g/mol. The van der Waals surface area contributed by atoms with Gasteiger partial charge in [0.25, 0.3) is 0 Å². The lowest BCUT2D eigenvalue weighted by molar-refractivity contribution is -0.207. The number of alkyl halides is 3. The zero-order chi connectivity index (χ0) is 14.9. The van der Waals surface area contributed by atoms with E-state index in [0.717, 1.165) is 12.0 Å². The van der Waals surface area contributed by atoms with Crippen molar-refractivity contribution in [1.82, 2.24) is 0 Å². The molecule has 0 aliphatic heterocycles. The van der Waals surface area contributed by atoms with Crippen LogP contribution in [0.25, 0.3) is 0 Å². The molecule has 2 rings (SSSR count). The van der Waals surface area contributed by atoms with Gasteiger partial charge in [-0.15, -0.1) is 0 Å². The number of halogens is 4. The van der Waals surface area contributed by atoms with E-state index in [1.807, 2.05) is 6.92 Å². The van der Waals surface area contributed by atoms with Gasteiger partial charge < -0.3 is 5.11 Å². The van der Waals surface area contributed by atoms with Crippen LogP contribution in [-0.4, -0.2) is 11.3 Å². The summed E-state index contributed by atoms with van der Waals surface area (Å²) < 4.78 is 39.2. The summed E-state index contributed by atoms with van der Waals surface area (Å²) in [5.74, 6) is -2.20. The summed E-state index contributed by atoms with van der Waals surface area (Å²) in [4.78, 5) is 0. The maximum atomic E-state index is 13.1. The van der Waals surface area contributed by atoms with Gasteiger partial charge in [0, 0.05) is 10.9 Å². The molecule has 1 N–H and O–H groups in total. The summed E-state index contributed by atoms with van der Waals surface area (Å²) in [5, 5.41) is 10.8. The molecule has 1 aromatic carbocycles. The lowest BCUT2D eigenvalue weighted by Crippen LogP contribution is -2.36. The summed E-state index contributed by atoms with van der Waals surface area (Å²) in [6.07, 6.45) is -3.56. The average Bonchev–Trinajstić information content (AvgIpc) is 2.40. The summed E-state index contributed by atoms with van der Waals surface area (Å²) in [5.41, 5.74) is 1.32. The van der Waals surface area contributed by atoms with E-state index >= 15 is 0 Å². The first-order valence-electron chi connectivity index (χ1n) is 6.81. The van der Waals surface area contributed by atoms with E-state index in [0.29, 0.717) is 23.4 Å². The van der Waals surface area contributed by atoms with E-state index in [2.05, 4.69) is 0 Å². The minimum atomic E-state index is -4.25. The van der Waals surface area contributed by atoms with Gasteiger partial charge >= 0.3 is 6.18 Å². The molecule has 1 aliphatic carbocycles. The second kappa shape index (κ2) is 5.94. The van der Waals surface area contributed by atoms with Crippen LogP contribution in [0.3, 0.4) is 0 Å². The molecule has 1 nitrogen and oxygen atoms in total. The Morgan fingerprint density at radius 3 is 2.50 bits per heavy atom. The van der Waals surface area contributed by atoms with Crippen LogP contribution in [0.4, 0.5) is 13.2 Å². The Kier molecular flexibility index (Phi) is 4.65. The highest BCUT2D eigenvalue weighted by atomic mass is 35.5. The zero-order valence-corrected chi connectivity index (χ0v) is 12.0. The van der Waals surface area contributed by atoms with E-state index in [1.54, 1.807) is 18.2 Å². The third-order valence-electron chi connectivity index (χ3n) is 4.18. The van der Waals surface area contributed by atoms with Gasteiger partial charge in [-0.1, -0.05) is 36.6 Å². The Labute approximate surface area is 121 Å². The van der Waals surface area contributed by atoms with Crippen molar-refractivity contribution in [2.75, 3.05) is 0 Å². The molecule has 0 saturated heterocycles. The van der Waals surface area contributed by atoms with Gasteiger partial charge in [-0.25, -0.2) is 0 Å². The molecular weight excluding hydrogens is 289 g/mol. The Balaban J connectivity index is 2.25. The lowest BCUT2D eigenvalue weighted by Gasteiger charge is -2.36. The summed E-state index contributed by atoms with van der Waals surface area (Å²) in [7, 11) is 0. The monoisotopic (exact) mass is 306 g/mol. The standard InChI is InChI=1S/C15H18ClF3O/c1-9-6-7-10(8-13(9)16)14(20)11-4-2-3-5-12(11)15(17,18)19/h6-8,11-12,14,20H,2-5H2,1H3. The number of aliphatic hydroxyl groups excluding tert-OH is 1. The van der Waals surface area contributed by atoms with Crippen molar-refractivity contribution in [3.63, 3.8) is 0 Å². The van der Waals surface area contributed by atoms with E-state index < -0.39 is 24.1 Å². The summed E-state index contributed by atoms with van der Waals surface area (Å²) >= 11 is 5.99. The van der Waals surface area contributed by atoms with Gasteiger partial charge in [0.05, 0.1) is 12.0 Å². The molecule has 5 heteroatoms. The molecule has 0 aromatic heterocycles. The zero-order valence-electron chi connectivity index (χ0n) is 11.3. The number of rotatable bonds is 2. The molecule has 1 aromatic rings. The van der Waals surface area contributed by atoms with Crippen LogP contribution in [0.5, 0.6) is 0 Å². The Morgan fingerprint density at radius 1 is 1.25 bits per heavy atom. The third-order valence-corrected chi connectivity index (χ3v) is 4.59. The number of benzene rings is 1. The van der Waals surface area contributed by atoms with Crippen molar-refractivity contribution in [3.05, 3.63) is 34.3 Å². The van der Waals surface area contributed by atoms with Crippen LogP contribution < -0.4 is 0 Å². The van der Waals surface area contributed by atoms with Gasteiger partial charge in [-0.2, -0.15) is 13.2 Å². The summed E-state index contributed by atoms with van der Waals surface area (Å²) in [6.45, 7) is 1.82. The molecule has 0 spiro atoms. The molecule has 0 heterocycles. The van der Waals surface area contributed by atoms with Crippen molar-refractivity contribution >= 4 is 11.6 Å². The Morgan fingerprint density at radius 2 is 1.90 bits per heavy atom. The first kappa shape index (κ1) is 15.6. The SMILES string of the molecule is Cc1ccc(C(O)C2CCCCC2C(F)(F)F)cc1Cl. The van der Waals surface area contributed by atoms with Gasteiger partial charge in [0.2, 0.25) is 0 Å². The molecule has 0 bridgehead atoms. The molecule has 0 amide bonds. The quantitative estimate of drug-likeness (QED) is 0.810. The number of aliphatic hydroxyl groups is 1. The fraction of sp³-hybridized carbons (Fsp3) is 0.600. The van der Waals surface area contributed by atoms with E-state index in [-0.39, 0.29) is 6.42 Å². The molecule has 1 fully saturated rings. The molecule has 3 atom stereocenters. The van der Waals surface area contributed by atoms with Gasteiger partial charge in [-0.05, 0) is 37.0 Å². The van der Waals surface area contributed by atoms with Crippen molar-refractivity contribution < 1.29 is 18.3 Å². The maximum absolute atomic E-state index is 13.1. The van der Waals surface area contributed by atoms with Crippen LogP contribution in [-0.2, 0) is 0 Å². The number of aryl methyl sites for hydroxylation is 1. The minimum absolute atomic E-state index is 0.102. The lowest BCUT2D eigenvalue weighted by atomic mass is 9.74. The van der Waals surface area contributed by atoms with Crippen molar-refractivity contribution in [3.8, 4) is 0 Å². The fourth-order valence-electron chi connectivity index (χ4n) is 2.98. The number of hydrogen-bond acceptors (Lipinski definition) is 1. The highest BCUT2D eigenvalue weighted by Gasteiger charge is 2.47. The predicted molar refractivity (Wildman–Crippen MR) is 72.7 cm³/mol. The first-order valence-corrected chi connectivity index (χ1v) is 7.19. The van der Waals surface area contributed by atoms with Crippen molar-refractivity contribution in [2.24, 2.45) is 11.8 Å². The predicted octanol–water partition coefficient (Wildman–Crippen LogP) is 5.05. The first-order chi connectivity index (χ1) is 9.30. The van der Waals surface area contributed by atoms with Crippen LogP contribution in [0, 0.1) is 18.8 Å². The molecule has 20 heavy (non-hydrogen) atoms. The molecule has 1 aliphatic rings. The Bertz CT molecular complexity index is 473. The van der Waals surface area contributed by atoms with E-state index in [1.165, 1.54) is 0 Å². The number of hydrogen-bond donors (Lipinski definition) is 1. The van der Waals surface area contributed by atoms with Crippen LogP contribution in [0.15, 0.2) is 18.2 Å². The maximum Gasteiger partial charge on any atom is 0.392 e. The van der Waals surface area contributed by atoms with E-state index in [4.69, 9.17) is 11.6 Å². The van der Waals surface area contributed by atoms with Gasteiger partial charge in [0.1, 0.15) is 0 Å². The van der Waals surface area contributed by atoms with E-state index in [9.17, 15) is 18.3 Å². The Hall–Kier alpha value is -0.740. The molecule has 3 unspecified atom stereocenters. The van der Waals surface area contributed by atoms with Crippen LogP contribution >= 0.6 is 11.6 Å². The molecule has 1 saturated carbocycles. The van der Waals surface area contributed by atoms with Gasteiger partial charge in [0.15, 0.2) is 0 Å². The molecular formula is C15H18ClF3O. The second-order valence-electron chi connectivity index (χ2n) is 5.55. The molecule has 112 valence electrons. The van der Waals surface area contributed by atoms with Crippen LogP contribution in [0.1, 0.15) is 42.9 Å². The van der Waals surface area contributed by atoms with Crippen molar-refractivity contribution in [1.29, 1.82) is 0 Å². The highest BCUT2D eigenvalue weighted by Crippen LogP contribution is 2.46. The van der Waals surface area contributed by atoms with Crippen molar-refractivity contribution in [2.45, 2.75) is 44.9 Å². The summed E-state index contributed by atoms with van der Waals surface area (Å²) in [6, 6.07) is 4.96. The smallest absolute Gasteiger partial charge is 0.388 e. The fourth-order valence-corrected chi connectivity index (χ4v) is 3.17. The second-order valence-corrected chi connectivity index (χ2v) is 5.96.